The standard InChI is InChI=1S/C23H21Cl2NO4/c24-16-8-9-17(25)18(11-16)26-19(27)12-30-23(29)21-15-7-6-14(10-15)20(21)22(28)13-4-2-1-3-5-13/h1-5,8-9,11,14-15,20-21H,6-7,10,12H2,(H,26,27)/t14-,15-,20+,21+/m0/s1. The fourth-order valence-electron chi connectivity index (χ4n) is 4.82. The highest BCUT2D eigenvalue weighted by Gasteiger charge is 2.54. The van der Waals surface area contributed by atoms with E-state index < -0.39 is 24.4 Å². The molecule has 4 rings (SSSR count). The van der Waals surface area contributed by atoms with Crippen LogP contribution in [-0.2, 0) is 14.3 Å². The van der Waals surface area contributed by atoms with Crippen LogP contribution in [0.15, 0.2) is 48.5 Å². The molecule has 1 amide bonds. The quantitative estimate of drug-likeness (QED) is 0.500. The van der Waals surface area contributed by atoms with E-state index >= 15 is 0 Å². The number of ether oxygens (including phenoxy) is 1. The third-order valence-electron chi connectivity index (χ3n) is 6.10. The van der Waals surface area contributed by atoms with Gasteiger partial charge in [-0.25, -0.2) is 0 Å². The van der Waals surface area contributed by atoms with Gasteiger partial charge in [0.2, 0.25) is 0 Å². The largest absolute Gasteiger partial charge is 0.455 e. The van der Waals surface area contributed by atoms with E-state index in [1.807, 2.05) is 18.2 Å². The zero-order chi connectivity index (χ0) is 21.3. The van der Waals surface area contributed by atoms with E-state index in [-0.39, 0.29) is 23.5 Å². The van der Waals surface area contributed by atoms with Gasteiger partial charge in [-0.1, -0.05) is 53.5 Å². The summed E-state index contributed by atoms with van der Waals surface area (Å²) in [7, 11) is 0. The number of Topliss-reactive ketones (excluding diaryl/α,β-unsaturated/α-hetero) is 1. The van der Waals surface area contributed by atoms with Gasteiger partial charge in [-0.05, 0) is 49.3 Å². The normalized spacial score (nSPS) is 24.5. The second-order valence-corrected chi connectivity index (χ2v) is 8.74. The van der Waals surface area contributed by atoms with Crippen molar-refractivity contribution in [3.63, 3.8) is 0 Å². The number of halogens is 2. The van der Waals surface area contributed by atoms with E-state index in [0.717, 1.165) is 19.3 Å². The Morgan fingerprint density at radius 1 is 0.967 bits per heavy atom. The smallest absolute Gasteiger partial charge is 0.310 e. The molecule has 0 aromatic heterocycles. The minimum absolute atomic E-state index is 0.0140. The average molecular weight is 446 g/mol. The van der Waals surface area contributed by atoms with Crippen LogP contribution in [0.25, 0.3) is 0 Å². The first kappa shape index (κ1) is 20.9. The Kier molecular flexibility index (Phi) is 6.11. The van der Waals surface area contributed by atoms with E-state index in [4.69, 9.17) is 27.9 Å². The monoisotopic (exact) mass is 445 g/mol. The summed E-state index contributed by atoms with van der Waals surface area (Å²) < 4.78 is 5.32. The molecule has 2 aromatic carbocycles. The Morgan fingerprint density at radius 2 is 1.67 bits per heavy atom. The summed E-state index contributed by atoms with van der Waals surface area (Å²) in [6.07, 6.45) is 2.71. The van der Waals surface area contributed by atoms with E-state index in [1.54, 1.807) is 24.3 Å². The molecule has 0 saturated heterocycles. The molecule has 1 N–H and O–H groups in total. The van der Waals surface area contributed by atoms with Crippen molar-refractivity contribution in [3.8, 4) is 0 Å². The van der Waals surface area contributed by atoms with Gasteiger partial charge in [0.05, 0.1) is 16.6 Å². The highest BCUT2D eigenvalue weighted by atomic mass is 35.5. The summed E-state index contributed by atoms with van der Waals surface area (Å²) in [4.78, 5) is 38.2. The summed E-state index contributed by atoms with van der Waals surface area (Å²) in [5.41, 5.74) is 0.962. The number of anilines is 1. The van der Waals surface area contributed by atoms with Gasteiger partial charge in [0.25, 0.3) is 5.91 Å². The van der Waals surface area contributed by atoms with Crippen LogP contribution in [0.1, 0.15) is 29.6 Å². The summed E-state index contributed by atoms with van der Waals surface area (Å²) in [5.74, 6) is -1.57. The zero-order valence-corrected chi connectivity index (χ0v) is 17.7. The third kappa shape index (κ3) is 4.23. The molecule has 0 radical (unpaired) electrons. The summed E-state index contributed by atoms with van der Waals surface area (Å²) in [6.45, 7) is -0.443. The van der Waals surface area contributed by atoms with Gasteiger partial charge in [0.15, 0.2) is 12.4 Å². The lowest BCUT2D eigenvalue weighted by molar-refractivity contribution is -0.154. The number of hydrogen-bond acceptors (Lipinski definition) is 4. The molecule has 2 fully saturated rings. The number of hydrogen-bond donors (Lipinski definition) is 1. The SMILES string of the molecule is O=C(COC(=O)[C@@H]1[C@H]2CC[C@@H](C2)[C@H]1C(=O)c1ccccc1)Nc1cc(Cl)ccc1Cl. The summed E-state index contributed by atoms with van der Waals surface area (Å²) in [5, 5.41) is 3.35. The minimum atomic E-state index is -0.512. The van der Waals surface area contributed by atoms with Crippen molar-refractivity contribution in [3.05, 3.63) is 64.1 Å². The number of benzene rings is 2. The van der Waals surface area contributed by atoms with Crippen molar-refractivity contribution in [1.29, 1.82) is 0 Å². The molecule has 2 aliphatic rings. The highest BCUT2D eigenvalue weighted by molar-refractivity contribution is 6.35. The van der Waals surface area contributed by atoms with E-state index in [0.29, 0.717) is 21.3 Å². The number of esters is 1. The van der Waals surface area contributed by atoms with Crippen LogP contribution < -0.4 is 5.32 Å². The molecule has 0 heterocycles. The van der Waals surface area contributed by atoms with Crippen LogP contribution in [0.5, 0.6) is 0 Å². The minimum Gasteiger partial charge on any atom is -0.455 e. The van der Waals surface area contributed by atoms with Crippen LogP contribution in [0.2, 0.25) is 10.0 Å². The molecule has 5 nitrogen and oxygen atoms in total. The molecule has 2 bridgehead atoms. The maximum Gasteiger partial charge on any atom is 0.310 e. The molecule has 0 aliphatic heterocycles. The van der Waals surface area contributed by atoms with Crippen molar-refractivity contribution in [2.24, 2.45) is 23.7 Å². The van der Waals surface area contributed by atoms with Gasteiger partial charge < -0.3 is 10.1 Å². The fourth-order valence-corrected chi connectivity index (χ4v) is 5.15. The summed E-state index contributed by atoms with van der Waals surface area (Å²) in [6, 6.07) is 13.7. The number of carbonyl (C=O) groups excluding carboxylic acids is 3. The van der Waals surface area contributed by atoms with Crippen molar-refractivity contribution in [2.75, 3.05) is 11.9 Å². The number of rotatable bonds is 6. The number of ketones is 1. The Hall–Kier alpha value is -2.37. The van der Waals surface area contributed by atoms with Gasteiger partial charge in [0, 0.05) is 16.5 Å². The first-order chi connectivity index (χ1) is 14.4. The average Bonchev–Trinajstić information content (AvgIpc) is 3.36. The first-order valence-corrected chi connectivity index (χ1v) is 10.7. The maximum absolute atomic E-state index is 13.1. The maximum atomic E-state index is 13.1. The Bertz CT molecular complexity index is 978. The number of nitrogens with one attached hydrogen (secondary N) is 1. The molecule has 156 valence electrons. The second kappa shape index (κ2) is 8.78. The topological polar surface area (TPSA) is 72.5 Å². The molecule has 4 atom stereocenters. The zero-order valence-electron chi connectivity index (χ0n) is 16.1. The molecule has 2 saturated carbocycles. The van der Waals surface area contributed by atoms with Gasteiger partial charge >= 0.3 is 5.97 Å². The van der Waals surface area contributed by atoms with Crippen LogP contribution in [0.4, 0.5) is 5.69 Å². The van der Waals surface area contributed by atoms with Crippen LogP contribution in [0, 0.1) is 23.7 Å². The summed E-state index contributed by atoms with van der Waals surface area (Å²) >= 11 is 12.0. The van der Waals surface area contributed by atoms with Gasteiger partial charge in [-0.3, -0.25) is 14.4 Å². The Labute approximate surface area is 184 Å². The predicted octanol–water partition coefficient (Wildman–Crippen LogP) is 5.02. The molecule has 30 heavy (non-hydrogen) atoms. The lowest BCUT2D eigenvalue weighted by Gasteiger charge is -2.28. The van der Waals surface area contributed by atoms with Crippen LogP contribution in [-0.4, -0.2) is 24.3 Å². The lowest BCUT2D eigenvalue weighted by atomic mass is 9.75. The lowest BCUT2D eigenvalue weighted by Crippen LogP contribution is -2.37. The van der Waals surface area contributed by atoms with Crippen molar-refractivity contribution >= 4 is 46.5 Å². The Morgan fingerprint density at radius 3 is 2.40 bits per heavy atom. The van der Waals surface area contributed by atoms with Crippen molar-refractivity contribution in [1.82, 2.24) is 0 Å². The van der Waals surface area contributed by atoms with Crippen LogP contribution in [0.3, 0.4) is 0 Å². The van der Waals surface area contributed by atoms with Gasteiger partial charge in [0.1, 0.15) is 0 Å². The Balaban J connectivity index is 1.41. The fraction of sp³-hybridized carbons (Fsp3) is 0.348. The van der Waals surface area contributed by atoms with Crippen LogP contribution >= 0.6 is 23.2 Å². The molecule has 0 spiro atoms. The molecular formula is C23H21Cl2NO4. The molecule has 7 heteroatoms. The molecule has 0 unspecified atom stereocenters. The number of carbonyl (C=O) groups is 3. The molecular weight excluding hydrogens is 425 g/mol. The molecule has 2 aliphatic carbocycles. The number of amides is 1. The van der Waals surface area contributed by atoms with Crippen molar-refractivity contribution < 1.29 is 19.1 Å². The van der Waals surface area contributed by atoms with Crippen molar-refractivity contribution in [2.45, 2.75) is 19.3 Å². The molecule has 2 aromatic rings. The van der Waals surface area contributed by atoms with E-state index in [9.17, 15) is 14.4 Å². The predicted molar refractivity (Wildman–Crippen MR) is 115 cm³/mol. The second-order valence-electron chi connectivity index (χ2n) is 7.90. The first-order valence-electron chi connectivity index (χ1n) is 9.95. The van der Waals surface area contributed by atoms with E-state index in [1.165, 1.54) is 6.07 Å². The van der Waals surface area contributed by atoms with Gasteiger partial charge in [-0.2, -0.15) is 0 Å². The highest BCUT2D eigenvalue weighted by Crippen LogP contribution is 2.53. The number of fused-ring (bicyclic) bond motifs is 2. The third-order valence-corrected chi connectivity index (χ3v) is 6.66. The van der Waals surface area contributed by atoms with E-state index in [2.05, 4.69) is 5.32 Å². The van der Waals surface area contributed by atoms with Gasteiger partial charge in [-0.15, -0.1) is 0 Å².